The molecular weight excluding hydrogens is 90.1 g/mol. The Morgan fingerprint density at radius 1 is 1.86 bits per heavy atom. The molecule has 2 nitrogen and oxygen atoms in total. The largest absolute Gasteiger partial charge is 0.392 e. The molecule has 41 valence electrons. The lowest BCUT2D eigenvalue weighted by Crippen LogP contribution is -2.14. The molecule has 1 aliphatic rings. The highest BCUT2D eigenvalue weighted by molar-refractivity contribution is 4.80. The van der Waals surface area contributed by atoms with Gasteiger partial charge in [-0.3, -0.25) is 4.90 Å². The van der Waals surface area contributed by atoms with Crippen molar-refractivity contribution in [3.05, 3.63) is 6.54 Å². The topological polar surface area (TPSA) is 23.5 Å². The van der Waals surface area contributed by atoms with Gasteiger partial charge in [0.25, 0.3) is 0 Å². The van der Waals surface area contributed by atoms with Gasteiger partial charge < -0.3 is 5.11 Å². The molecular formula is C5H10NO. The Morgan fingerprint density at radius 3 is 2.71 bits per heavy atom. The first-order valence-electron chi connectivity index (χ1n) is 2.50. The molecule has 1 N–H and O–H groups in total. The Labute approximate surface area is 43.7 Å². The average Bonchev–Trinajstić information content (AvgIpc) is 1.87. The molecule has 1 radical (unpaired) electrons. The third-order valence-electron chi connectivity index (χ3n) is 1.19. The summed E-state index contributed by atoms with van der Waals surface area (Å²) >= 11 is 0. The lowest BCUT2D eigenvalue weighted by Gasteiger charge is -2.02. The summed E-state index contributed by atoms with van der Waals surface area (Å²) in [5.74, 6) is 0. The number of hydrogen-bond donors (Lipinski definition) is 1. The Hall–Kier alpha value is -0.0800. The van der Waals surface area contributed by atoms with E-state index in [-0.39, 0.29) is 6.10 Å². The molecule has 1 saturated heterocycles. The van der Waals surface area contributed by atoms with Crippen molar-refractivity contribution in [3.8, 4) is 0 Å². The monoisotopic (exact) mass is 100 g/mol. The molecule has 1 rings (SSSR count). The van der Waals surface area contributed by atoms with Crippen molar-refractivity contribution >= 4 is 0 Å². The van der Waals surface area contributed by atoms with Crippen molar-refractivity contribution in [3.63, 3.8) is 0 Å². The van der Waals surface area contributed by atoms with Crippen molar-refractivity contribution in [2.75, 3.05) is 13.6 Å². The maximum Gasteiger partial charge on any atom is 0.0682 e. The van der Waals surface area contributed by atoms with Crippen molar-refractivity contribution < 1.29 is 5.11 Å². The summed E-state index contributed by atoms with van der Waals surface area (Å²) in [4.78, 5) is 2.00. The van der Waals surface area contributed by atoms with E-state index in [4.69, 9.17) is 5.11 Å². The first-order valence-corrected chi connectivity index (χ1v) is 2.50. The smallest absolute Gasteiger partial charge is 0.0682 e. The predicted octanol–water partition coefficient (Wildman–Crippen LogP) is -0.155. The van der Waals surface area contributed by atoms with Crippen LogP contribution in [0.2, 0.25) is 0 Å². The average molecular weight is 100 g/mol. The normalized spacial score (nSPS) is 34.3. The number of likely N-dealkylation sites (tertiary alicyclic amines) is 1. The second-order valence-corrected chi connectivity index (χ2v) is 2.01. The molecule has 1 atom stereocenters. The molecule has 0 amide bonds. The lowest BCUT2D eigenvalue weighted by molar-refractivity contribution is 0.183. The fourth-order valence-corrected chi connectivity index (χ4v) is 0.783. The molecule has 2 heteroatoms. The SMILES string of the molecule is CN1[CH]C[C@@H](O)C1. The van der Waals surface area contributed by atoms with E-state index in [0.29, 0.717) is 0 Å². The van der Waals surface area contributed by atoms with Crippen molar-refractivity contribution in [2.24, 2.45) is 0 Å². The van der Waals surface area contributed by atoms with Gasteiger partial charge >= 0.3 is 0 Å². The van der Waals surface area contributed by atoms with Crippen LogP contribution in [0, 0.1) is 6.54 Å². The van der Waals surface area contributed by atoms with Gasteiger partial charge in [-0.25, -0.2) is 0 Å². The fourth-order valence-electron chi connectivity index (χ4n) is 0.783. The van der Waals surface area contributed by atoms with E-state index in [0.717, 1.165) is 13.0 Å². The van der Waals surface area contributed by atoms with Crippen LogP contribution < -0.4 is 0 Å². The van der Waals surface area contributed by atoms with E-state index in [1.165, 1.54) is 0 Å². The minimum Gasteiger partial charge on any atom is -0.392 e. The molecule has 1 aliphatic heterocycles. The number of likely N-dealkylation sites (N-methyl/N-ethyl adjacent to an activating group) is 1. The summed E-state index contributed by atoms with van der Waals surface area (Å²) in [7, 11) is 1.97. The second-order valence-electron chi connectivity index (χ2n) is 2.01. The second kappa shape index (κ2) is 1.80. The quantitative estimate of drug-likeness (QED) is 0.457. The van der Waals surface area contributed by atoms with E-state index in [9.17, 15) is 0 Å². The van der Waals surface area contributed by atoms with Crippen LogP contribution in [0.1, 0.15) is 6.42 Å². The fraction of sp³-hybridized carbons (Fsp3) is 0.800. The molecule has 0 unspecified atom stereocenters. The summed E-state index contributed by atoms with van der Waals surface area (Å²) in [6.07, 6.45) is 0.723. The number of β-amino-alcohol motifs (C(OH)–C–C–N with tert-alkyl or cyclic N) is 1. The Morgan fingerprint density at radius 2 is 2.57 bits per heavy atom. The third kappa shape index (κ3) is 1.14. The molecule has 0 bridgehead atoms. The van der Waals surface area contributed by atoms with Crippen LogP contribution >= 0.6 is 0 Å². The molecule has 0 aromatic rings. The molecule has 0 saturated carbocycles. The molecule has 0 spiro atoms. The zero-order chi connectivity index (χ0) is 5.28. The van der Waals surface area contributed by atoms with Crippen molar-refractivity contribution in [1.29, 1.82) is 0 Å². The molecule has 0 aliphatic carbocycles. The van der Waals surface area contributed by atoms with Gasteiger partial charge in [0.1, 0.15) is 0 Å². The van der Waals surface area contributed by atoms with Crippen LogP contribution in [0.3, 0.4) is 0 Å². The molecule has 7 heavy (non-hydrogen) atoms. The van der Waals surface area contributed by atoms with Gasteiger partial charge in [-0.2, -0.15) is 0 Å². The Bertz CT molecular complexity index is 57.1. The van der Waals surface area contributed by atoms with Gasteiger partial charge in [-0.15, -0.1) is 0 Å². The minimum absolute atomic E-state index is 0.106. The standard InChI is InChI=1S/C5H10NO/c1-6-3-2-5(7)4-6/h3,5,7H,2,4H2,1H3/t5-/m1/s1. The van der Waals surface area contributed by atoms with Gasteiger partial charge in [0, 0.05) is 13.1 Å². The Kier molecular flexibility index (Phi) is 1.30. The highest BCUT2D eigenvalue weighted by Gasteiger charge is 2.15. The van der Waals surface area contributed by atoms with E-state index in [1.54, 1.807) is 0 Å². The molecule has 1 fully saturated rings. The van der Waals surface area contributed by atoms with E-state index in [1.807, 2.05) is 18.5 Å². The molecule has 1 heterocycles. The van der Waals surface area contributed by atoms with Gasteiger partial charge in [-0.05, 0) is 13.5 Å². The third-order valence-corrected chi connectivity index (χ3v) is 1.19. The Balaban J connectivity index is 2.26. The number of nitrogens with zero attached hydrogens (tertiary/aromatic N) is 1. The van der Waals surface area contributed by atoms with E-state index < -0.39 is 0 Å². The van der Waals surface area contributed by atoms with Gasteiger partial charge in [-0.1, -0.05) is 0 Å². The number of aliphatic hydroxyl groups is 1. The number of aliphatic hydroxyl groups excluding tert-OH is 1. The number of hydrogen-bond acceptors (Lipinski definition) is 2. The van der Waals surface area contributed by atoms with Crippen LogP contribution in [-0.2, 0) is 0 Å². The summed E-state index contributed by atoms with van der Waals surface area (Å²) in [6.45, 7) is 2.81. The maximum absolute atomic E-state index is 8.83. The van der Waals surface area contributed by atoms with Crippen LogP contribution in [0.5, 0.6) is 0 Å². The van der Waals surface area contributed by atoms with E-state index in [2.05, 4.69) is 0 Å². The zero-order valence-corrected chi connectivity index (χ0v) is 4.46. The molecule has 0 aromatic heterocycles. The minimum atomic E-state index is -0.106. The highest BCUT2D eigenvalue weighted by atomic mass is 16.3. The predicted molar refractivity (Wildman–Crippen MR) is 27.6 cm³/mol. The number of rotatable bonds is 0. The summed E-state index contributed by atoms with van der Waals surface area (Å²) in [6, 6.07) is 0. The summed E-state index contributed by atoms with van der Waals surface area (Å²) in [5.41, 5.74) is 0. The van der Waals surface area contributed by atoms with E-state index >= 15 is 0 Å². The van der Waals surface area contributed by atoms with Crippen molar-refractivity contribution in [2.45, 2.75) is 12.5 Å². The van der Waals surface area contributed by atoms with Crippen LogP contribution in [-0.4, -0.2) is 29.7 Å². The van der Waals surface area contributed by atoms with Gasteiger partial charge in [0.2, 0.25) is 0 Å². The van der Waals surface area contributed by atoms with Crippen LogP contribution in [0.15, 0.2) is 0 Å². The highest BCUT2D eigenvalue weighted by Crippen LogP contribution is 2.08. The summed E-state index contributed by atoms with van der Waals surface area (Å²) in [5, 5.41) is 8.83. The zero-order valence-electron chi connectivity index (χ0n) is 4.46. The van der Waals surface area contributed by atoms with Gasteiger partial charge in [0.15, 0.2) is 0 Å². The first kappa shape index (κ1) is 5.06. The van der Waals surface area contributed by atoms with Crippen LogP contribution in [0.4, 0.5) is 0 Å². The molecule has 0 aromatic carbocycles. The lowest BCUT2D eigenvalue weighted by atomic mass is 10.3. The maximum atomic E-state index is 8.83. The van der Waals surface area contributed by atoms with Crippen LogP contribution in [0.25, 0.3) is 0 Å². The van der Waals surface area contributed by atoms with Crippen molar-refractivity contribution in [1.82, 2.24) is 4.90 Å². The first-order chi connectivity index (χ1) is 3.29. The summed E-state index contributed by atoms with van der Waals surface area (Å²) < 4.78 is 0. The van der Waals surface area contributed by atoms with Gasteiger partial charge in [0.05, 0.1) is 6.10 Å².